The molecule has 178 valence electrons. The molecule has 1 amide bonds. The average molecular weight is 491 g/mol. The molecule has 6 nitrogen and oxygen atoms in total. The summed E-state index contributed by atoms with van der Waals surface area (Å²) in [5.74, 6) is -0.310. The fraction of sp³-hybridized carbons (Fsp3) is 0.148. The van der Waals surface area contributed by atoms with E-state index in [0.717, 1.165) is 5.56 Å². The Hall–Kier alpha value is -3.91. The Morgan fingerprint density at radius 3 is 2.60 bits per heavy atom. The molecule has 35 heavy (non-hydrogen) atoms. The predicted molar refractivity (Wildman–Crippen MR) is 135 cm³/mol. The second-order valence-corrected chi connectivity index (χ2v) is 8.60. The van der Waals surface area contributed by atoms with E-state index >= 15 is 0 Å². The summed E-state index contributed by atoms with van der Waals surface area (Å²) in [4.78, 5) is 31.2. The molecule has 0 bridgehead atoms. The van der Waals surface area contributed by atoms with Crippen LogP contribution < -0.4 is 4.74 Å². The lowest BCUT2D eigenvalue weighted by Gasteiger charge is -2.10. The minimum Gasteiger partial charge on any atom is -0.488 e. The molecule has 0 N–H and O–H groups in total. The van der Waals surface area contributed by atoms with Gasteiger partial charge in [-0.05, 0) is 72.8 Å². The van der Waals surface area contributed by atoms with Gasteiger partial charge in [-0.3, -0.25) is 9.69 Å². The van der Waals surface area contributed by atoms with Crippen molar-refractivity contribution < 1.29 is 23.5 Å². The fourth-order valence-electron chi connectivity index (χ4n) is 3.31. The molecule has 0 spiro atoms. The van der Waals surface area contributed by atoms with Crippen molar-refractivity contribution in [2.45, 2.75) is 13.5 Å². The van der Waals surface area contributed by atoms with Gasteiger partial charge in [-0.15, -0.1) is 0 Å². The summed E-state index contributed by atoms with van der Waals surface area (Å²) in [6.07, 6.45) is 1.76. The highest BCUT2D eigenvalue weighted by Gasteiger charge is 2.30. The van der Waals surface area contributed by atoms with E-state index in [9.17, 15) is 14.0 Å². The lowest BCUT2D eigenvalue weighted by molar-refractivity contribution is -0.121. The molecule has 1 saturated heterocycles. The van der Waals surface area contributed by atoms with Crippen molar-refractivity contribution in [1.82, 2.24) is 4.90 Å². The molecule has 1 fully saturated rings. The summed E-state index contributed by atoms with van der Waals surface area (Å²) in [6.45, 7) is 2.26. The molecule has 1 aliphatic heterocycles. The van der Waals surface area contributed by atoms with E-state index in [0.29, 0.717) is 39.2 Å². The number of carbonyl (C=O) groups excluding carboxylic acids is 2. The zero-order valence-electron chi connectivity index (χ0n) is 19.2. The first-order valence-corrected chi connectivity index (χ1v) is 11.8. The molecule has 0 atom stereocenters. The van der Waals surface area contributed by atoms with Gasteiger partial charge in [-0.25, -0.2) is 14.2 Å². The largest absolute Gasteiger partial charge is 0.488 e. The number of halogens is 1. The predicted octanol–water partition coefficient (Wildman–Crippen LogP) is 5.82. The van der Waals surface area contributed by atoms with Gasteiger partial charge in [-0.2, -0.15) is 0 Å². The topological polar surface area (TPSA) is 68.2 Å². The Morgan fingerprint density at radius 1 is 1.09 bits per heavy atom. The zero-order chi connectivity index (χ0) is 24.8. The first kappa shape index (κ1) is 24.2. The Morgan fingerprint density at radius 2 is 1.86 bits per heavy atom. The SMILES string of the molecule is CCOC(=O)c1ccc(N=C2S/C(=C\c3ccccc3OCc3cccc(F)c3)C(=O)N2C)cc1. The number of ether oxygens (including phenoxy) is 2. The van der Waals surface area contributed by atoms with Crippen LogP contribution in [0.4, 0.5) is 10.1 Å². The van der Waals surface area contributed by atoms with Crippen molar-refractivity contribution in [1.29, 1.82) is 0 Å². The average Bonchev–Trinajstić information content (AvgIpc) is 3.12. The van der Waals surface area contributed by atoms with Crippen molar-refractivity contribution in [2.75, 3.05) is 13.7 Å². The van der Waals surface area contributed by atoms with E-state index < -0.39 is 5.97 Å². The van der Waals surface area contributed by atoms with Gasteiger partial charge in [0.1, 0.15) is 18.2 Å². The van der Waals surface area contributed by atoms with Gasteiger partial charge >= 0.3 is 5.97 Å². The fourth-order valence-corrected chi connectivity index (χ4v) is 4.29. The maximum Gasteiger partial charge on any atom is 0.338 e. The van der Waals surface area contributed by atoms with Crippen LogP contribution in [0.15, 0.2) is 82.7 Å². The molecule has 0 aromatic heterocycles. The van der Waals surface area contributed by atoms with Crippen LogP contribution in [-0.2, 0) is 16.1 Å². The van der Waals surface area contributed by atoms with Gasteiger partial charge in [0, 0.05) is 12.6 Å². The molecule has 0 radical (unpaired) electrons. The van der Waals surface area contributed by atoms with Gasteiger partial charge in [0.2, 0.25) is 0 Å². The molecule has 0 unspecified atom stereocenters. The molecule has 3 aromatic rings. The number of rotatable bonds is 7. The zero-order valence-corrected chi connectivity index (χ0v) is 20.0. The van der Waals surface area contributed by atoms with Gasteiger partial charge in [0.15, 0.2) is 5.17 Å². The summed E-state index contributed by atoms with van der Waals surface area (Å²) < 4.78 is 24.4. The lowest BCUT2D eigenvalue weighted by atomic mass is 10.1. The number of aliphatic imine (C=N–C) groups is 1. The Balaban J connectivity index is 1.51. The smallest absolute Gasteiger partial charge is 0.338 e. The molecule has 1 heterocycles. The summed E-state index contributed by atoms with van der Waals surface area (Å²) >= 11 is 1.25. The number of para-hydroxylation sites is 1. The highest BCUT2D eigenvalue weighted by Crippen LogP contribution is 2.35. The van der Waals surface area contributed by atoms with Crippen LogP contribution in [-0.4, -0.2) is 35.6 Å². The van der Waals surface area contributed by atoms with Gasteiger partial charge in [-0.1, -0.05) is 30.3 Å². The number of nitrogens with zero attached hydrogens (tertiary/aromatic N) is 2. The number of carbonyl (C=O) groups is 2. The van der Waals surface area contributed by atoms with Gasteiger partial charge < -0.3 is 9.47 Å². The maximum atomic E-state index is 13.5. The number of amidine groups is 1. The van der Waals surface area contributed by atoms with Crippen LogP contribution >= 0.6 is 11.8 Å². The molecule has 8 heteroatoms. The first-order valence-electron chi connectivity index (χ1n) is 10.9. The molecule has 3 aromatic carbocycles. The van der Waals surface area contributed by atoms with Crippen molar-refractivity contribution in [3.8, 4) is 5.75 Å². The minimum atomic E-state index is -0.391. The summed E-state index contributed by atoms with van der Waals surface area (Å²) in [6, 6.07) is 20.3. The molecular weight excluding hydrogens is 467 g/mol. The van der Waals surface area contributed by atoms with Crippen molar-refractivity contribution in [2.24, 2.45) is 4.99 Å². The standard InChI is InChI=1S/C27H23FN2O4S/c1-3-33-26(32)19-11-13-22(14-12-19)29-27-30(2)25(31)24(35-27)16-20-8-4-5-10-23(20)34-17-18-7-6-9-21(28)15-18/h4-16H,3,17H2,1-2H3/b24-16-,29-27?. The number of hydrogen-bond donors (Lipinski definition) is 0. The summed E-state index contributed by atoms with van der Waals surface area (Å²) in [5.41, 5.74) is 2.49. The number of benzene rings is 3. The van der Waals surface area contributed by atoms with Crippen LogP contribution in [0.5, 0.6) is 5.75 Å². The number of hydrogen-bond acceptors (Lipinski definition) is 6. The molecular formula is C27H23FN2O4S. The lowest BCUT2D eigenvalue weighted by Crippen LogP contribution is -2.23. The number of thioether (sulfide) groups is 1. The van der Waals surface area contributed by atoms with E-state index in [-0.39, 0.29) is 18.3 Å². The quantitative estimate of drug-likeness (QED) is 0.309. The molecule has 0 aliphatic carbocycles. The van der Waals surface area contributed by atoms with Gasteiger partial charge in [0.05, 0.1) is 22.8 Å². The Labute approximate surface area is 207 Å². The number of likely N-dealkylation sites (N-methyl/N-ethyl adjacent to an activating group) is 1. The highest BCUT2D eigenvalue weighted by atomic mass is 32.2. The third-order valence-electron chi connectivity index (χ3n) is 5.10. The molecule has 1 aliphatic rings. The van der Waals surface area contributed by atoms with E-state index in [2.05, 4.69) is 4.99 Å². The monoisotopic (exact) mass is 490 g/mol. The third-order valence-corrected chi connectivity index (χ3v) is 6.16. The van der Waals surface area contributed by atoms with Crippen molar-refractivity contribution in [3.05, 3.63) is 100 Å². The number of esters is 1. The normalized spacial score (nSPS) is 15.6. The summed E-state index contributed by atoms with van der Waals surface area (Å²) in [5, 5.41) is 0.517. The second-order valence-electron chi connectivity index (χ2n) is 7.59. The van der Waals surface area contributed by atoms with Crippen LogP contribution in [0.2, 0.25) is 0 Å². The van der Waals surface area contributed by atoms with Gasteiger partial charge in [0.25, 0.3) is 5.91 Å². The summed E-state index contributed by atoms with van der Waals surface area (Å²) in [7, 11) is 1.66. The minimum absolute atomic E-state index is 0.183. The highest BCUT2D eigenvalue weighted by molar-refractivity contribution is 8.18. The van der Waals surface area contributed by atoms with E-state index in [4.69, 9.17) is 9.47 Å². The Kier molecular flexibility index (Phi) is 7.62. The van der Waals surface area contributed by atoms with Crippen molar-refractivity contribution >= 4 is 40.6 Å². The van der Waals surface area contributed by atoms with Crippen molar-refractivity contribution in [3.63, 3.8) is 0 Å². The molecule has 4 rings (SSSR count). The number of amides is 1. The second kappa shape index (κ2) is 11.0. The van der Waals surface area contributed by atoms with E-state index in [1.54, 1.807) is 62.5 Å². The first-order chi connectivity index (χ1) is 16.9. The van der Waals surface area contributed by atoms with Crippen LogP contribution in [0.3, 0.4) is 0 Å². The van der Waals surface area contributed by atoms with Crippen LogP contribution in [0, 0.1) is 5.82 Å². The maximum absolute atomic E-state index is 13.5. The van der Waals surface area contributed by atoms with E-state index in [1.807, 2.05) is 18.2 Å². The Bertz CT molecular complexity index is 1300. The third kappa shape index (κ3) is 5.96. The van der Waals surface area contributed by atoms with E-state index in [1.165, 1.54) is 28.8 Å². The van der Waals surface area contributed by atoms with Crippen LogP contribution in [0.25, 0.3) is 6.08 Å². The van der Waals surface area contributed by atoms with Crippen LogP contribution in [0.1, 0.15) is 28.4 Å². The molecule has 0 saturated carbocycles.